The second-order valence-corrected chi connectivity index (χ2v) is 4.30. The first-order valence-electron chi connectivity index (χ1n) is 5.77. The maximum Gasteiger partial charge on any atom is 0.337 e. The van der Waals surface area contributed by atoms with Crippen LogP contribution in [-0.4, -0.2) is 21.0 Å². The minimum Gasteiger partial charge on any atom is -0.478 e. The first-order chi connectivity index (χ1) is 8.25. The summed E-state index contributed by atoms with van der Waals surface area (Å²) in [6.45, 7) is 0. The van der Waals surface area contributed by atoms with Gasteiger partial charge in [-0.15, -0.1) is 0 Å². The summed E-state index contributed by atoms with van der Waals surface area (Å²) < 4.78 is 0. The number of para-hydroxylation sites is 1. The monoisotopic (exact) mass is 228 g/mol. The fraction of sp³-hybridized carbons (Fsp3) is 0.308. The Morgan fingerprint density at radius 1 is 1.12 bits per heavy atom. The highest BCUT2D eigenvalue weighted by atomic mass is 16.4. The van der Waals surface area contributed by atoms with E-state index in [4.69, 9.17) is 5.11 Å². The van der Waals surface area contributed by atoms with Gasteiger partial charge in [0.1, 0.15) is 5.52 Å². The van der Waals surface area contributed by atoms with Crippen molar-refractivity contribution < 1.29 is 9.90 Å². The number of fused-ring (bicyclic) bond motifs is 2. The van der Waals surface area contributed by atoms with Gasteiger partial charge in [0.05, 0.1) is 22.5 Å². The van der Waals surface area contributed by atoms with Crippen molar-refractivity contribution in [1.29, 1.82) is 0 Å². The lowest BCUT2D eigenvalue weighted by molar-refractivity contribution is 0.0699. The van der Waals surface area contributed by atoms with Crippen LogP contribution < -0.4 is 0 Å². The van der Waals surface area contributed by atoms with Crippen molar-refractivity contribution in [3.05, 3.63) is 35.2 Å². The normalized spacial score (nSPS) is 14.6. The van der Waals surface area contributed by atoms with Crippen molar-refractivity contribution in [1.82, 2.24) is 9.97 Å². The highest BCUT2D eigenvalue weighted by Crippen LogP contribution is 2.22. The van der Waals surface area contributed by atoms with Crippen LogP contribution in [0.4, 0.5) is 0 Å². The molecule has 1 aliphatic rings. The number of carbonyl (C=O) groups is 1. The summed E-state index contributed by atoms with van der Waals surface area (Å²) in [7, 11) is 0. The molecule has 1 N–H and O–H groups in total. The van der Waals surface area contributed by atoms with Crippen LogP contribution in [0.2, 0.25) is 0 Å². The summed E-state index contributed by atoms with van der Waals surface area (Å²) in [5.41, 5.74) is 3.44. The van der Waals surface area contributed by atoms with E-state index in [0.717, 1.165) is 37.1 Å². The second kappa shape index (κ2) is 3.80. The lowest BCUT2D eigenvalue weighted by atomic mass is 10.00. The highest BCUT2D eigenvalue weighted by Gasteiger charge is 2.16. The number of aromatic carboxylic acids is 1. The Balaban J connectivity index is 2.30. The highest BCUT2D eigenvalue weighted by molar-refractivity contribution is 6.00. The summed E-state index contributed by atoms with van der Waals surface area (Å²) in [6, 6.07) is 5.12. The van der Waals surface area contributed by atoms with Gasteiger partial charge in [0.25, 0.3) is 0 Å². The fourth-order valence-electron chi connectivity index (χ4n) is 2.31. The zero-order valence-corrected chi connectivity index (χ0v) is 9.31. The molecule has 0 atom stereocenters. The van der Waals surface area contributed by atoms with Crippen molar-refractivity contribution in [3.8, 4) is 0 Å². The van der Waals surface area contributed by atoms with Gasteiger partial charge in [0.15, 0.2) is 0 Å². The Bertz CT molecular complexity index is 608. The molecule has 0 fully saturated rings. The van der Waals surface area contributed by atoms with E-state index >= 15 is 0 Å². The number of carboxylic acid groups (broad SMARTS) is 1. The average molecular weight is 228 g/mol. The summed E-state index contributed by atoms with van der Waals surface area (Å²) in [5.74, 6) is -0.944. The van der Waals surface area contributed by atoms with E-state index in [1.807, 2.05) is 6.07 Å². The lowest BCUT2D eigenvalue weighted by Gasteiger charge is -2.14. The first kappa shape index (κ1) is 10.2. The SMILES string of the molecule is O=C(O)c1cccc2nc3c(nc12)CCCC3. The zero-order valence-electron chi connectivity index (χ0n) is 9.31. The summed E-state index contributed by atoms with van der Waals surface area (Å²) >= 11 is 0. The number of aryl methyl sites for hydroxylation is 2. The van der Waals surface area contributed by atoms with Crippen LogP contribution in [0, 0.1) is 0 Å². The Labute approximate surface area is 98.3 Å². The van der Waals surface area contributed by atoms with E-state index in [-0.39, 0.29) is 5.56 Å². The van der Waals surface area contributed by atoms with Crippen LogP contribution in [0.15, 0.2) is 18.2 Å². The van der Waals surface area contributed by atoms with Crippen LogP contribution in [0.25, 0.3) is 11.0 Å². The number of aromatic nitrogens is 2. The van der Waals surface area contributed by atoms with Crippen molar-refractivity contribution in [2.75, 3.05) is 0 Å². The maximum absolute atomic E-state index is 11.1. The standard InChI is InChI=1S/C13H12N2O2/c16-13(17)8-4-3-7-11-12(8)15-10-6-2-1-5-9(10)14-11/h3-4,7H,1-2,5-6H2,(H,16,17). The molecular formula is C13H12N2O2. The minimum absolute atomic E-state index is 0.239. The molecule has 0 radical (unpaired) electrons. The molecule has 1 aromatic carbocycles. The van der Waals surface area contributed by atoms with Crippen molar-refractivity contribution >= 4 is 17.0 Å². The van der Waals surface area contributed by atoms with Gasteiger partial charge in [-0.2, -0.15) is 0 Å². The van der Waals surface area contributed by atoms with E-state index in [0.29, 0.717) is 11.0 Å². The molecule has 0 unspecified atom stereocenters. The Morgan fingerprint density at radius 2 is 1.82 bits per heavy atom. The second-order valence-electron chi connectivity index (χ2n) is 4.30. The van der Waals surface area contributed by atoms with Gasteiger partial charge in [-0.05, 0) is 37.8 Å². The molecule has 3 rings (SSSR count). The first-order valence-corrected chi connectivity index (χ1v) is 5.77. The molecule has 0 spiro atoms. The molecule has 1 aliphatic carbocycles. The smallest absolute Gasteiger partial charge is 0.337 e. The van der Waals surface area contributed by atoms with E-state index in [1.165, 1.54) is 0 Å². The van der Waals surface area contributed by atoms with Crippen molar-refractivity contribution in [3.63, 3.8) is 0 Å². The van der Waals surface area contributed by atoms with Gasteiger partial charge < -0.3 is 5.11 Å². The summed E-state index contributed by atoms with van der Waals surface area (Å²) in [4.78, 5) is 20.1. The molecule has 0 amide bonds. The van der Waals surface area contributed by atoms with Gasteiger partial charge in [-0.25, -0.2) is 14.8 Å². The molecule has 86 valence electrons. The third-order valence-electron chi connectivity index (χ3n) is 3.16. The Hall–Kier alpha value is -1.97. The fourth-order valence-corrected chi connectivity index (χ4v) is 2.31. The molecule has 0 saturated heterocycles. The van der Waals surface area contributed by atoms with E-state index in [9.17, 15) is 4.79 Å². The number of nitrogens with zero attached hydrogens (tertiary/aromatic N) is 2. The third-order valence-corrected chi connectivity index (χ3v) is 3.16. The largest absolute Gasteiger partial charge is 0.478 e. The van der Waals surface area contributed by atoms with Crippen molar-refractivity contribution in [2.24, 2.45) is 0 Å². The molecule has 0 saturated carbocycles. The van der Waals surface area contributed by atoms with Crippen LogP contribution >= 0.6 is 0 Å². The number of hydrogen-bond acceptors (Lipinski definition) is 3. The van der Waals surface area contributed by atoms with Gasteiger partial charge in [0.2, 0.25) is 0 Å². The third kappa shape index (κ3) is 1.65. The topological polar surface area (TPSA) is 63.1 Å². The minimum atomic E-state index is -0.944. The van der Waals surface area contributed by atoms with E-state index in [2.05, 4.69) is 9.97 Å². The summed E-state index contributed by atoms with van der Waals surface area (Å²) in [6.07, 6.45) is 4.12. The predicted octanol–water partition coefficient (Wildman–Crippen LogP) is 2.21. The molecule has 17 heavy (non-hydrogen) atoms. The molecule has 0 bridgehead atoms. The number of carboxylic acids is 1. The molecule has 0 aliphatic heterocycles. The van der Waals surface area contributed by atoms with E-state index in [1.54, 1.807) is 12.1 Å². The van der Waals surface area contributed by atoms with Crippen molar-refractivity contribution in [2.45, 2.75) is 25.7 Å². The molecule has 4 nitrogen and oxygen atoms in total. The predicted molar refractivity (Wildman–Crippen MR) is 63.1 cm³/mol. The molecule has 4 heteroatoms. The molecule has 2 aromatic rings. The van der Waals surface area contributed by atoms with Crippen LogP contribution in [0.3, 0.4) is 0 Å². The Morgan fingerprint density at radius 3 is 2.53 bits per heavy atom. The zero-order chi connectivity index (χ0) is 11.8. The maximum atomic E-state index is 11.1. The van der Waals surface area contributed by atoms with Gasteiger partial charge in [-0.1, -0.05) is 6.07 Å². The molecule has 1 aromatic heterocycles. The average Bonchev–Trinajstić information content (AvgIpc) is 2.35. The van der Waals surface area contributed by atoms with Crippen LogP contribution in [-0.2, 0) is 12.8 Å². The van der Waals surface area contributed by atoms with Gasteiger partial charge in [0, 0.05) is 0 Å². The van der Waals surface area contributed by atoms with E-state index < -0.39 is 5.97 Å². The number of benzene rings is 1. The Kier molecular flexibility index (Phi) is 2.28. The van der Waals surface area contributed by atoms with Crippen LogP contribution in [0.5, 0.6) is 0 Å². The van der Waals surface area contributed by atoms with Gasteiger partial charge >= 0.3 is 5.97 Å². The number of hydrogen-bond donors (Lipinski definition) is 1. The molecular weight excluding hydrogens is 216 g/mol. The lowest BCUT2D eigenvalue weighted by Crippen LogP contribution is -2.10. The quantitative estimate of drug-likeness (QED) is 0.812. The van der Waals surface area contributed by atoms with Gasteiger partial charge in [-0.3, -0.25) is 0 Å². The summed E-state index contributed by atoms with van der Waals surface area (Å²) in [5, 5.41) is 9.12. The molecule has 1 heterocycles. The van der Waals surface area contributed by atoms with Crippen LogP contribution in [0.1, 0.15) is 34.6 Å². The number of rotatable bonds is 1.